The van der Waals surface area contributed by atoms with Gasteiger partial charge in [-0.1, -0.05) is 41.4 Å². The first-order valence-electron chi connectivity index (χ1n) is 12.9. The topological polar surface area (TPSA) is 49.3 Å². The summed E-state index contributed by atoms with van der Waals surface area (Å²) in [5.41, 5.74) is 7.46. The molecule has 1 amide bonds. The molecule has 1 fully saturated rings. The zero-order valence-corrected chi connectivity index (χ0v) is 23.3. The number of carbonyl (C=O) groups excluding carboxylic acids is 1. The number of anilines is 1. The third-order valence-electron chi connectivity index (χ3n) is 7.87. The summed E-state index contributed by atoms with van der Waals surface area (Å²) in [6.45, 7) is 3.56. The molecule has 2 aliphatic heterocycles. The Morgan fingerprint density at radius 1 is 1.05 bits per heavy atom. The molecule has 0 bridgehead atoms. The number of amides is 1. The number of aryl methyl sites for hydroxylation is 1. The number of hydrogen-bond donors (Lipinski definition) is 0. The van der Waals surface area contributed by atoms with Gasteiger partial charge in [-0.15, -0.1) is 11.3 Å². The van der Waals surface area contributed by atoms with Gasteiger partial charge in [-0.2, -0.15) is 0 Å². The van der Waals surface area contributed by atoms with Crippen molar-refractivity contribution in [2.24, 2.45) is 0 Å². The maximum absolute atomic E-state index is 13.5. The van der Waals surface area contributed by atoms with Crippen LogP contribution in [0.5, 0.6) is 0 Å². The van der Waals surface area contributed by atoms with E-state index in [1.807, 2.05) is 40.7 Å². The SMILES string of the molecule is O=C(CCc1ccncc1)N1CC2(CCN(C/C=C/c3ccc(Cl)c(Cl)c3)CC2)c2c1ccc1scnc21. The summed E-state index contributed by atoms with van der Waals surface area (Å²) < 4.78 is 1.20. The van der Waals surface area contributed by atoms with Crippen LogP contribution in [0.3, 0.4) is 0 Å². The predicted molar refractivity (Wildman–Crippen MR) is 157 cm³/mol. The molecule has 0 atom stereocenters. The molecule has 2 aromatic heterocycles. The first kappa shape index (κ1) is 25.5. The van der Waals surface area contributed by atoms with Crippen molar-refractivity contribution in [3.05, 3.63) is 93.2 Å². The standard InChI is InChI=1S/C30H28Cl2N4OS/c31-23-5-3-22(18-24(23)32)2-1-15-35-16-11-30(12-17-35)19-36(27(37)8-4-21-9-13-33-14-10-21)25-6-7-26-29(28(25)30)34-20-38-26/h1-3,5-7,9-10,13-14,18,20H,4,8,11-12,15-17,19H2/b2-1+. The molecule has 0 N–H and O–H groups in total. The molecule has 194 valence electrons. The van der Waals surface area contributed by atoms with Crippen LogP contribution in [-0.4, -0.2) is 47.0 Å². The number of hydrogen-bond acceptors (Lipinski definition) is 5. The highest BCUT2D eigenvalue weighted by molar-refractivity contribution is 7.16. The van der Waals surface area contributed by atoms with E-state index in [1.165, 1.54) is 10.3 Å². The van der Waals surface area contributed by atoms with Crippen LogP contribution in [0.15, 0.2) is 66.4 Å². The lowest BCUT2D eigenvalue weighted by molar-refractivity contribution is -0.118. The van der Waals surface area contributed by atoms with E-state index in [0.29, 0.717) is 16.5 Å². The van der Waals surface area contributed by atoms with Gasteiger partial charge in [0.05, 0.1) is 25.8 Å². The van der Waals surface area contributed by atoms with E-state index in [-0.39, 0.29) is 11.3 Å². The third-order valence-corrected chi connectivity index (χ3v) is 9.40. The molecule has 5 nitrogen and oxygen atoms in total. The molecular formula is C30H28Cl2N4OS. The molecule has 1 spiro atoms. The van der Waals surface area contributed by atoms with Crippen LogP contribution in [0, 0.1) is 0 Å². The number of pyridine rings is 1. The summed E-state index contributed by atoms with van der Waals surface area (Å²) in [6.07, 6.45) is 11.1. The van der Waals surface area contributed by atoms with Gasteiger partial charge in [0.2, 0.25) is 5.91 Å². The molecule has 38 heavy (non-hydrogen) atoms. The molecule has 1 saturated heterocycles. The van der Waals surface area contributed by atoms with E-state index in [1.54, 1.807) is 23.7 Å². The Hall–Kier alpha value is -2.77. The van der Waals surface area contributed by atoms with Gasteiger partial charge in [-0.25, -0.2) is 4.98 Å². The van der Waals surface area contributed by atoms with E-state index < -0.39 is 0 Å². The fourth-order valence-electron chi connectivity index (χ4n) is 5.82. The van der Waals surface area contributed by atoms with Crippen molar-refractivity contribution in [3.63, 3.8) is 0 Å². The van der Waals surface area contributed by atoms with Crippen LogP contribution in [0.2, 0.25) is 10.0 Å². The average Bonchev–Trinajstić information content (AvgIpc) is 3.54. The van der Waals surface area contributed by atoms with Gasteiger partial charge >= 0.3 is 0 Å². The van der Waals surface area contributed by atoms with Gasteiger partial charge in [0.15, 0.2) is 0 Å². The minimum absolute atomic E-state index is 0.0564. The van der Waals surface area contributed by atoms with E-state index >= 15 is 0 Å². The number of likely N-dealkylation sites (tertiary alicyclic amines) is 1. The van der Waals surface area contributed by atoms with Gasteiger partial charge < -0.3 is 4.90 Å². The number of piperidine rings is 1. The molecule has 4 heterocycles. The Bertz CT molecular complexity index is 1490. The van der Waals surface area contributed by atoms with Crippen molar-refractivity contribution in [3.8, 4) is 0 Å². The molecule has 6 rings (SSSR count). The van der Waals surface area contributed by atoms with Crippen molar-refractivity contribution >= 4 is 62.4 Å². The first-order valence-corrected chi connectivity index (χ1v) is 14.6. The number of rotatable bonds is 6. The van der Waals surface area contributed by atoms with Gasteiger partial charge in [-0.05, 0) is 79.9 Å². The number of halogens is 2. The largest absolute Gasteiger partial charge is 0.311 e. The summed E-state index contributed by atoms with van der Waals surface area (Å²) in [5.74, 6) is 0.182. The molecule has 2 aromatic carbocycles. The number of aromatic nitrogens is 2. The van der Waals surface area contributed by atoms with Crippen molar-refractivity contribution in [2.75, 3.05) is 31.1 Å². The lowest BCUT2D eigenvalue weighted by Crippen LogP contribution is -2.46. The average molecular weight is 564 g/mol. The normalized spacial score (nSPS) is 17.1. The monoisotopic (exact) mass is 562 g/mol. The highest BCUT2D eigenvalue weighted by atomic mass is 35.5. The van der Waals surface area contributed by atoms with Crippen LogP contribution < -0.4 is 4.90 Å². The molecule has 0 radical (unpaired) electrons. The molecule has 0 saturated carbocycles. The maximum atomic E-state index is 13.5. The van der Waals surface area contributed by atoms with Crippen LogP contribution in [0.4, 0.5) is 5.69 Å². The van der Waals surface area contributed by atoms with Gasteiger partial charge in [-0.3, -0.25) is 14.7 Å². The number of benzene rings is 2. The van der Waals surface area contributed by atoms with Crippen molar-refractivity contribution in [1.82, 2.24) is 14.9 Å². The molecule has 4 aromatic rings. The summed E-state index contributed by atoms with van der Waals surface area (Å²) in [6, 6.07) is 13.9. The van der Waals surface area contributed by atoms with E-state index in [4.69, 9.17) is 28.2 Å². The summed E-state index contributed by atoms with van der Waals surface area (Å²) in [5, 5.41) is 1.14. The smallest absolute Gasteiger partial charge is 0.227 e. The van der Waals surface area contributed by atoms with Crippen LogP contribution in [0.1, 0.15) is 36.0 Å². The summed E-state index contributed by atoms with van der Waals surface area (Å²) >= 11 is 13.9. The van der Waals surface area contributed by atoms with Crippen LogP contribution in [0.25, 0.3) is 16.3 Å². The Labute approximate surface area is 236 Å². The molecule has 0 aliphatic carbocycles. The number of carbonyl (C=O) groups is 1. The van der Waals surface area contributed by atoms with Gasteiger partial charge in [0.1, 0.15) is 0 Å². The second-order valence-electron chi connectivity index (χ2n) is 10.2. The van der Waals surface area contributed by atoms with Gasteiger partial charge in [0.25, 0.3) is 0 Å². The van der Waals surface area contributed by atoms with Gasteiger partial charge in [0, 0.05) is 48.6 Å². The quantitative estimate of drug-likeness (QED) is 0.253. The highest BCUT2D eigenvalue weighted by Crippen LogP contribution is 2.50. The minimum atomic E-state index is -0.0564. The summed E-state index contributed by atoms with van der Waals surface area (Å²) in [7, 11) is 0. The second-order valence-corrected chi connectivity index (χ2v) is 11.9. The Balaban J connectivity index is 1.18. The predicted octanol–water partition coefficient (Wildman–Crippen LogP) is 7.02. The number of fused-ring (bicyclic) bond motifs is 4. The van der Waals surface area contributed by atoms with E-state index in [2.05, 4.69) is 34.2 Å². The Kier molecular flexibility index (Phi) is 7.23. The zero-order valence-electron chi connectivity index (χ0n) is 20.9. The lowest BCUT2D eigenvalue weighted by atomic mass is 9.74. The molecule has 2 aliphatic rings. The number of thiazole rings is 1. The van der Waals surface area contributed by atoms with Crippen molar-refractivity contribution in [2.45, 2.75) is 31.1 Å². The molecular weight excluding hydrogens is 535 g/mol. The summed E-state index contributed by atoms with van der Waals surface area (Å²) in [4.78, 5) is 26.9. The van der Waals surface area contributed by atoms with Crippen LogP contribution in [-0.2, 0) is 16.6 Å². The maximum Gasteiger partial charge on any atom is 0.227 e. The fraction of sp³-hybridized carbons (Fsp3) is 0.300. The minimum Gasteiger partial charge on any atom is -0.311 e. The fourth-order valence-corrected chi connectivity index (χ4v) is 6.81. The molecule has 0 unspecified atom stereocenters. The lowest BCUT2D eigenvalue weighted by Gasteiger charge is -2.39. The van der Waals surface area contributed by atoms with E-state index in [0.717, 1.165) is 67.8 Å². The van der Waals surface area contributed by atoms with Crippen molar-refractivity contribution < 1.29 is 4.79 Å². The number of nitrogens with zero attached hydrogens (tertiary/aromatic N) is 4. The molecule has 8 heteroatoms. The van der Waals surface area contributed by atoms with Crippen molar-refractivity contribution in [1.29, 1.82) is 0 Å². The van der Waals surface area contributed by atoms with Crippen LogP contribution >= 0.6 is 34.5 Å². The Morgan fingerprint density at radius 3 is 2.66 bits per heavy atom. The Morgan fingerprint density at radius 2 is 1.87 bits per heavy atom. The zero-order chi connectivity index (χ0) is 26.1. The van der Waals surface area contributed by atoms with E-state index in [9.17, 15) is 4.79 Å². The first-order chi connectivity index (χ1) is 18.5. The third kappa shape index (κ3) is 4.98. The highest BCUT2D eigenvalue weighted by Gasteiger charge is 2.47. The second kappa shape index (κ2) is 10.8.